The number of nitrogens with zero attached hydrogens (tertiary/aromatic N) is 2. The van der Waals surface area contributed by atoms with Gasteiger partial charge in [0.1, 0.15) is 5.75 Å². The minimum absolute atomic E-state index is 0.0473. The summed E-state index contributed by atoms with van der Waals surface area (Å²) >= 11 is 6.23. The molecule has 0 aliphatic carbocycles. The Morgan fingerprint density at radius 1 is 1.08 bits per heavy atom. The van der Waals surface area contributed by atoms with Crippen LogP contribution in [0.1, 0.15) is 56.7 Å². The van der Waals surface area contributed by atoms with Crippen LogP contribution in [-0.2, 0) is 16.1 Å². The van der Waals surface area contributed by atoms with Crippen molar-refractivity contribution in [2.45, 2.75) is 52.1 Å². The summed E-state index contributed by atoms with van der Waals surface area (Å²) in [5.41, 5.74) is 1.94. The van der Waals surface area contributed by atoms with Crippen LogP contribution in [0.3, 0.4) is 0 Å². The molecule has 2 saturated heterocycles. The van der Waals surface area contributed by atoms with E-state index >= 15 is 0 Å². The van der Waals surface area contributed by atoms with Gasteiger partial charge in [0.2, 0.25) is 11.8 Å². The summed E-state index contributed by atoms with van der Waals surface area (Å²) in [6.45, 7) is 7.98. The van der Waals surface area contributed by atoms with Gasteiger partial charge in [-0.05, 0) is 74.2 Å². The van der Waals surface area contributed by atoms with E-state index in [1.54, 1.807) is 7.11 Å². The second kappa shape index (κ2) is 11.7. The van der Waals surface area contributed by atoms with Gasteiger partial charge < -0.3 is 19.9 Å². The molecule has 2 amide bonds. The van der Waals surface area contributed by atoms with Gasteiger partial charge in [-0.15, -0.1) is 0 Å². The number of rotatable bonds is 9. The third-order valence-corrected chi connectivity index (χ3v) is 8.01. The normalized spacial score (nSPS) is 18.6. The molecule has 36 heavy (non-hydrogen) atoms. The number of hydrogen-bond donors (Lipinski definition) is 1. The van der Waals surface area contributed by atoms with Crippen LogP contribution in [0.2, 0.25) is 5.02 Å². The van der Waals surface area contributed by atoms with Crippen LogP contribution in [0.15, 0.2) is 48.5 Å². The summed E-state index contributed by atoms with van der Waals surface area (Å²) in [7, 11) is 1.66. The first-order chi connectivity index (χ1) is 17.3. The van der Waals surface area contributed by atoms with Gasteiger partial charge in [0.05, 0.1) is 18.6 Å². The Bertz CT molecular complexity index is 1050. The molecule has 6 nitrogen and oxygen atoms in total. The number of benzene rings is 2. The van der Waals surface area contributed by atoms with E-state index < -0.39 is 0 Å². The van der Waals surface area contributed by atoms with E-state index in [1.807, 2.05) is 67.3 Å². The molecule has 0 radical (unpaired) electrons. The molecule has 0 saturated carbocycles. The van der Waals surface area contributed by atoms with Crippen LogP contribution in [-0.4, -0.2) is 54.9 Å². The molecule has 1 N–H and O–H groups in total. The Balaban J connectivity index is 1.32. The molecule has 2 aromatic rings. The third kappa shape index (κ3) is 6.22. The first-order valence-corrected chi connectivity index (χ1v) is 13.4. The van der Waals surface area contributed by atoms with Gasteiger partial charge in [-0.3, -0.25) is 9.59 Å². The maximum absolute atomic E-state index is 13.4. The Kier molecular flexibility index (Phi) is 8.58. The predicted octanol–water partition coefficient (Wildman–Crippen LogP) is 5.07. The lowest BCUT2D eigenvalue weighted by Crippen LogP contribution is -2.45. The Morgan fingerprint density at radius 3 is 2.42 bits per heavy atom. The molecule has 2 heterocycles. The zero-order valence-corrected chi connectivity index (χ0v) is 22.4. The third-order valence-electron chi connectivity index (χ3n) is 7.77. The molecule has 2 aromatic carbocycles. The van der Waals surface area contributed by atoms with Crippen LogP contribution in [0.4, 0.5) is 0 Å². The van der Waals surface area contributed by atoms with Crippen LogP contribution in [0.25, 0.3) is 0 Å². The lowest BCUT2D eigenvalue weighted by Gasteiger charge is -2.38. The van der Waals surface area contributed by atoms with Crippen molar-refractivity contribution in [2.75, 3.05) is 33.3 Å². The summed E-state index contributed by atoms with van der Waals surface area (Å²) in [4.78, 5) is 30.3. The second-order valence-corrected chi connectivity index (χ2v) is 10.9. The number of nitrogens with one attached hydrogen (secondary N) is 1. The van der Waals surface area contributed by atoms with Crippen molar-refractivity contribution in [3.63, 3.8) is 0 Å². The van der Waals surface area contributed by atoms with Gasteiger partial charge in [0.15, 0.2) is 0 Å². The average Bonchev–Trinajstić information content (AvgIpc) is 3.17. The number of amides is 2. The summed E-state index contributed by atoms with van der Waals surface area (Å²) in [5, 5.41) is 3.87. The zero-order chi connectivity index (χ0) is 25.7. The number of hydrogen-bond acceptors (Lipinski definition) is 4. The van der Waals surface area contributed by atoms with Crippen LogP contribution >= 0.6 is 11.6 Å². The molecule has 2 fully saturated rings. The number of halogens is 1. The summed E-state index contributed by atoms with van der Waals surface area (Å²) < 4.78 is 5.24. The predicted molar refractivity (Wildman–Crippen MR) is 143 cm³/mol. The van der Waals surface area contributed by atoms with E-state index in [0.29, 0.717) is 17.5 Å². The van der Waals surface area contributed by atoms with E-state index in [-0.39, 0.29) is 23.3 Å². The highest BCUT2D eigenvalue weighted by molar-refractivity contribution is 6.30. The number of carbonyl (C=O) groups excluding carboxylic acids is 2. The zero-order valence-electron chi connectivity index (χ0n) is 21.6. The smallest absolute Gasteiger partial charge is 0.229 e. The van der Waals surface area contributed by atoms with Crippen molar-refractivity contribution in [3.05, 3.63) is 64.7 Å². The number of methoxy groups -OCH3 is 1. The average molecular weight is 512 g/mol. The van der Waals surface area contributed by atoms with Crippen molar-refractivity contribution in [1.82, 2.24) is 15.1 Å². The van der Waals surface area contributed by atoms with Gasteiger partial charge in [-0.1, -0.05) is 49.7 Å². The van der Waals surface area contributed by atoms with Crippen molar-refractivity contribution >= 4 is 23.4 Å². The number of carbonyl (C=O) groups is 2. The molecule has 4 rings (SSSR count). The summed E-state index contributed by atoms with van der Waals surface area (Å²) in [5.74, 6) is 1.11. The SMILES string of the molecule is COc1ccc(CN2CCC3(CCN(CC[C@H](NC(=O)C(C)C)c4cccc(Cl)c4)CC3)C2=O)cc1. The molecule has 1 atom stereocenters. The molecule has 7 heteroatoms. The van der Waals surface area contributed by atoms with E-state index in [2.05, 4.69) is 10.2 Å². The van der Waals surface area contributed by atoms with Gasteiger partial charge in [0, 0.05) is 30.6 Å². The molecule has 0 bridgehead atoms. The maximum atomic E-state index is 13.4. The van der Waals surface area contributed by atoms with Gasteiger partial charge in [0.25, 0.3) is 0 Å². The van der Waals surface area contributed by atoms with E-state index in [0.717, 1.165) is 68.7 Å². The Morgan fingerprint density at radius 2 is 1.78 bits per heavy atom. The number of piperidine rings is 1. The summed E-state index contributed by atoms with van der Waals surface area (Å²) in [6.07, 6.45) is 3.53. The molecule has 2 aliphatic rings. The minimum atomic E-state index is -0.221. The maximum Gasteiger partial charge on any atom is 0.229 e. The Labute approximate surface area is 219 Å². The Hall–Kier alpha value is -2.57. The fourth-order valence-corrected chi connectivity index (χ4v) is 5.56. The van der Waals surface area contributed by atoms with Crippen LogP contribution < -0.4 is 10.1 Å². The first kappa shape index (κ1) is 26.5. The minimum Gasteiger partial charge on any atom is -0.497 e. The van der Waals surface area contributed by atoms with E-state index in [9.17, 15) is 9.59 Å². The van der Waals surface area contributed by atoms with Gasteiger partial charge in [-0.2, -0.15) is 0 Å². The van der Waals surface area contributed by atoms with Crippen molar-refractivity contribution < 1.29 is 14.3 Å². The molecule has 194 valence electrons. The molecule has 2 aliphatic heterocycles. The van der Waals surface area contributed by atoms with Crippen molar-refractivity contribution in [1.29, 1.82) is 0 Å². The van der Waals surface area contributed by atoms with Crippen LogP contribution in [0, 0.1) is 11.3 Å². The fraction of sp³-hybridized carbons (Fsp3) is 0.517. The lowest BCUT2D eigenvalue weighted by atomic mass is 9.77. The molecular formula is C29H38ClN3O3. The van der Waals surface area contributed by atoms with Gasteiger partial charge in [-0.25, -0.2) is 0 Å². The quantitative estimate of drug-likeness (QED) is 0.510. The molecular weight excluding hydrogens is 474 g/mol. The topological polar surface area (TPSA) is 61.9 Å². The highest BCUT2D eigenvalue weighted by Gasteiger charge is 2.47. The first-order valence-electron chi connectivity index (χ1n) is 13.0. The van der Waals surface area contributed by atoms with Crippen LogP contribution in [0.5, 0.6) is 5.75 Å². The highest BCUT2D eigenvalue weighted by Crippen LogP contribution is 2.42. The van der Waals surface area contributed by atoms with Gasteiger partial charge >= 0.3 is 0 Å². The molecule has 1 spiro atoms. The molecule has 0 aromatic heterocycles. The highest BCUT2D eigenvalue weighted by atomic mass is 35.5. The van der Waals surface area contributed by atoms with E-state index in [1.165, 1.54) is 0 Å². The second-order valence-electron chi connectivity index (χ2n) is 10.5. The fourth-order valence-electron chi connectivity index (χ4n) is 5.36. The van der Waals surface area contributed by atoms with Crippen molar-refractivity contribution in [2.24, 2.45) is 11.3 Å². The van der Waals surface area contributed by atoms with Crippen molar-refractivity contribution in [3.8, 4) is 5.75 Å². The number of ether oxygens (including phenoxy) is 1. The lowest BCUT2D eigenvalue weighted by molar-refractivity contribution is -0.139. The standard InChI is InChI=1S/C29H38ClN3O3/c1-21(2)27(34)31-26(23-5-4-6-24(30)19-23)11-15-32-16-12-29(13-17-32)14-18-33(28(29)35)20-22-7-9-25(36-3)10-8-22/h4-10,19,21,26H,11-18,20H2,1-3H3,(H,31,34)/t26-/m0/s1. The largest absolute Gasteiger partial charge is 0.497 e. The summed E-state index contributed by atoms with van der Waals surface area (Å²) in [6, 6.07) is 15.6. The monoisotopic (exact) mass is 511 g/mol. The molecule has 0 unspecified atom stereocenters. The van der Waals surface area contributed by atoms with E-state index in [4.69, 9.17) is 16.3 Å². The number of likely N-dealkylation sites (tertiary alicyclic amines) is 2.